The number of aromatic nitrogens is 4. The Labute approximate surface area is 162 Å². The third-order valence-electron chi connectivity index (χ3n) is 3.98. The first-order valence-corrected chi connectivity index (χ1v) is 9.46. The highest BCUT2D eigenvalue weighted by Crippen LogP contribution is 2.30. The first kappa shape index (κ1) is 17.3. The van der Waals surface area contributed by atoms with E-state index < -0.39 is 0 Å². The Bertz CT molecular complexity index is 1120. The van der Waals surface area contributed by atoms with Gasteiger partial charge in [0, 0.05) is 35.0 Å². The Morgan fingerprint density at radius 3 is 2.52 bits per heavy atom. The summed E-state index contributed by atoms with van der Waals surface area (Å²) in [6.45, 7) is 6.33. The predicted octanol–water partition coefficient (Wildman–Crippen LogP) is 4.71. The average molecular weight is 373 g/mol. The van der Waals surface area contributed by atoms with Crippen LogP contribution in [-0.2, 0) is 0 Å². The standard InChI is InChI=1S/C16H16N4S.C5H3N/c1-5-11-7-9-21-15(11)12-10-14(19-16(2,3)4)20-13(18-12)6-8-17-20;1-2-5-4(1)3-6-5/h1,6-10,19H,2-4H3;1-3H. The zero-order chi connectivity index (χ0) is 19.0. The van der Waals surface area contributed by atoms with Crippen LogP contribution in [0.1, 0.15) is 26.3 Å². The molecule has 0 aromatic carbocycles. The highest BCUT2D eigenvalue weighted by atomic mass is 32.1. The molecule has 0 saturated carbocycles. The Balaban J connectivity index is 0.000000250. The van der Waals surface area contributed by atoms with Crippen molar-refractivity contribution in [3.63, 3.8) is 0 Å². The second-order valence-corrected chi connectivity index (χ2v) is 8.16. The summed E-state index contributed by atoms with van der Waals surface area (Å²) in [5, 5.41) is 9.78. The summed E-state index contributed by atoms with van der Waals surface area (Å²) >= 11 is 1.60. The van der Waals surface area contributed by atoms with Crippen LogP contribution in [-0.4, -0.2) is 25.1 Å². The van der Waals surface area contributed by atoms with Crippen LogP contribution in [0.15, 0.2) is 48.1 Å². The highest BCUT2D eigenvalue weighted by molar-refractivity contribution is 7.13. The number of rotatable bonds is 2. The minimum atomic E-state index is -0.0676. The summed E-state index contributed by atoms with van der Waals surface area (Å²) in [6.07, 6.45) is 9.18. The Hall–Kier alpha value is -3.17. The van der Waals surface area contributed by atoms with Gasteiger partial charge in [0.2, 0.25) is 0 Å². The molecule has 6 heteroatoms. The van der Waals surface area contributed by atoms with Crippen molar-refractivity contribution in [3.8, 4) is 34.2 Å². The van der Waals surface area contributed by atoms with E-state index in [1.807, 2.05) is 35.8 Å². The number of anilines is 1. The van der Waals surface area contributed by atoms with Crippen LogP contribution in [0, 0.1) is 12.3 Å². The summed E-state index contributed by atoms with van der Waals surface area (Å²) in [6, 6.07) is 9.90. The molecule has 0 fully saturated rings. The first-order chi connectivity index (χ1) is 12.9. The van der Waals surface area contributed by atoms with E-state index in [0.29, 0.717) is 0 Å². The lowest BCUT2D eigenvalue weighted by molar-refractivity contribution is 0.625. The number of hydrogen-bond acceptors (Lipinski definition) is 5. The fourth-order valence-electron chi connectivity index (χ4n) is 2.68. The average Bonchev–Trinajstić information content (AvgIpc) is 3.25. The zero-order valence-corrected chi connectivity index (χ0v) is 16.2. The van der Waals surface area contributed by atoms with Crippen LogP contribution in [0.4, 0.5) is 5.82 Å². The van der Waals surface area contributed by atoms with Crippen LogP contribution in [0.5, 0.6) is 0 Å². The molecule has 1 aliphatic carbocycles. The van der Waals surface area contributed by atoms with Gasteiger partial charge in [-0.05, 0) is 44.4 Å². The molecular formula is C21H19N5S. The largest absolute Gasteiger partial charge is 0.365 e. The smallest absolute Gasteiger partial charge is 0.158 e. The predicted molar refractivity (Wildman–Crippen MR) is 111 cm³/mol. The molecule has 2 aliphatic rings. The van der Waals surface area contributed by atoms with Crippen molar-refractivity contribution in [1.82, 2.24) is 19.6 Å². The SMILES string of the molecule is C#Cc1ccsc1-c1cc(NC(C)(C)C)n2nccc2n1.c1cc2ncc1-2. The fraction of sp³-hybridized carbons (Fsp3) is 0.190. The van der Waals surface area contributed by atoms with E-state index in [0.717, 1.165) is 27.6 Å². The molecule has 5 nitrogen and oxygen atoms in total. The molecule has 0 unspecified atom stereocenters. The third-order valence-corrected chi connectivity index (χ3v) is 4.91. The molecule has 3 aromatic heterocycles. The van der Waals surface area contributed by atoms with Gasteiger partial charge in [0.05, 0.1) is 22.5 Å². The molecule has 5 rings (SSSR count). The molecule has 3 aromatic rings. The summed E-state index contributed by atoms with van der Waals surface area (Å²) in [5.41, 5.74) is 4.97. The van der Waals surface area contributed by atoms with E-state index in [-0.39, 0.29) is 5.54 Å². The lowest BCUT2D eigenvalue weighted by Crippen LogP contribution is -2.27. The van der Waals surface area contributed by atoms with Crippen molar-refractivity contribution in [2.24, 2.45) is 0 Å². The van der Waals surface area contributed by atoms with Gasteiger partial charge >= 0.3 is 0 Å². The number of nitrogens with zero attached hydrogens (tertiary/aromatic N) is 4. The summed E-state index contributed by atoms with van der Waals surface area (Å²) in [5.74, 6) is 3.62. The maximum Gasteiger partial charge on any atom is 0.158 e. The van der Waals surface area contributed by atoms with E-state index >= 15 is 0 Å². The van der Waals surface area contributed by atoms with Crippen LogP contribution in [0.25, 0.3) is 27.5 Å². The molecule has 27 heavy (non-hydrogen) atoms. The normalized spacial score (nSPS) is 11.5. The van der Waals surface area contributed by atoms with E-state index in [1.165, 1.54) is 11.3 Å². The number of terminal acetylenes is 1. The first-order valence-electron chi connectivity index (χ1n) is 8.58. The molecule has 0 saturated heterocycles. The highest BCUT2D eigenvalue weighted by Gasteiger charge is 2.16. The summed E-state index contributed by atoms with van der Waals surface area (Å²) in [4.78, 5) is 9.57. The van der Waals surface area contributed by atoms with Crippen LogP contribution >= 0.6 is 11.3 Å². The second-order valence-electron chi connectivity index (χ2n) is 7.24. The van der Waals surface area contributed by atoms with Crippen LogP contribution < -0.4 is 5.32 Å². The van der Waals surface area contributed by atoms with Crippen molar-refractivity contribution in [3.05, 3.63) is 53.7 Å². The van der Waals surface area contributed by atoms with Crippen molar-refractivity contribution >= 4 is 22.8 Å². The van der Waals surface area contributed by atoms with E-state index in [2.05, 4.69) is 53.1 Å². The molecule has 0 radical (unpaired) electrons. The molecule has 0 bridgehead atoms. The molecule has 134 valence electrons. The molecule has 4 heterocycles. The van der Waals surface area contributed by atoms with Crippen LogP contribution in [0.3, 0.4) is 0 Å². The lowest BCUT2D eigenvalue weighted by atomic mass is 10.1. The molecule has 0 spiro atoms. The topological polar surface area (TPSA) is 55.1 Å². The molecular weight excluding hydrogens is 354 g/mol. The van der Waals surface area contributed by atoms with Gasteiger partial charge in [0.1, 0.15) is 5.82 Å². The van der Waals surface area contributed by atoms with Gasteiger partial charge in [0.15, 0.2) is 5.65 Å². The monoisotopic (exact) mass is 373 g/mol. The minimum absolute atomic E-state index is 0.0676. The van der Waals surface area contributed by atoms with Gasteiger partial charge in [-0.2, -0.15) is 9.61 Å². The van der Waals surface area contributed by atoms with E-state index in [1.54, 1.807) is 22.0 Å². The quantitative estimate of drug-likeness (QED) is 0.455. The maximum atomic E-state index is 5.56. The number of hydrogen-bond donors (Lipinski definition) is 1. The third kappa shape index (κ3) is 3.42. The Morgan fingerprint density at radius 2 is 1.96 bits per heavy atom. The number of thiophene rings is 1. The van der Waals surface area contributed by atoms with E-state index in [9.17, 15) is 0 Å². The lowest BCUT2D eigenvalue weighted by Gasteiger charge is -2.22. The molecule has 0 amide bonds. The minimum Gasteiger partial charge on any atom is -0.365 e. The maximum absolute atomic E-state index is 5.56. The second kappa shape index (κ2) is 6.53. The zero-order valence-electron chi connectivity index (χ0n) is 15.4. The summed E-state index contributed by atoms with van der Waals surface area (Å²) in [7, 11) is 0. The van der Waals surface area contributed by atoms with Gasteiger partial charge in [-0.1, -0.05) is 5.92 Å². The van der Waals surface area contributed by atoms with Crippen molar-refractivity contribution in [2.75, 3.05) is 5.32 Å². The molecule has 1 N–H and O–H groups in total. The van der Waals surface area contributed by atoms with Gasteiger partial charge in [-0.15, -0.1) is 17.8 Å². The Morgan fingerprint density at radius 1 is 1.15 bits per heavy atom. The molecule has 0 atom stereocenters. The fourth-order valence-corrected chi connectivity index (χ4v) is 3.50. The summed E-state index contributed by atoms with van der Waals surface area (Å²) < 4.78 is 1.80. The number of pyridine rings is 1. The van der Waals surface area contributed by atoms with Crippen molar-refractivity contribution in [2.45, 2.75) is 26.3 Å². The van der Waals surface area contributed by atoms with Gasteiger partial charge in [-0.25, -0.2) is 4.98 Å². The molecule has 1 aliphatic heterocycles. The van der Waals surface area contributed by atoms with Gasteiger partial charge in [0.25, 0.3) is 0 Å². The van der Waals surface area contributed by atoms with Crippen molar-refractivity contribution in [1.29, 1.82) is 0 Å². The number of fused-ring (bicyclic) bond motifs is 2. The van der Waals surface area contributed by atoms with Crippen LogP contribution in [0.2, 0.25) is 0 Å². The Kier molecular flexibility index (Phi) is 4.17. The van der Waals surface area contributed by atoms with Gasteiger partial charge in [-0.3, -0.25) is 4.98 Å². The number of nitrogens with one attached hydrogen (secondary N) is 1. The van der Waals surface area contributed by atoms with E-state index in [4.69, 9.17) is 6.42 Å². The van der Waals surface area contributed by atoms with Gasteiger partial charge < -0.3 is 5.32 Å². The van der Waals surface area contributed by atoms with Crippen molar-refractivity contribution < 1.29 is 0 Å².